The molecule has 0 unspecified atom stereocenters. The number of para-hydroxylation sites is 2. The summed E-state index contributed by atoms with van der Waals surface area (Å²) in [4.78, 5) is 56.5. The number of rotatable bonds is 4. The van der Waals surface area contributed by atoms with Gasteiger partial charge in [0, 0.05) is 19.0 Å². The van der Waals surface area contributed by atoms with Crippen molar-refractivity contribution < 1.29 is 23.9 Å². The van der Waals surface area contributed by atoms with Gasteiger partial charge in [-0.05, 0) is 56.5 Å². The van der Waals surface area contributed by atoms with Crippen molar-refractivity contribution in [2.75, 3.05) is 16.8 Å². The fourth-order valence-corrected chi connectivity index (χ4v) is 5.35. The Morgan fingerprint density at radius 2 is 1.51 bits per heavy atom. The minimum atomic E-state index is -0.984. The van der Waals surface area contributed by atoms with E-state index >= 15 is 0 Å². The smallest absolute Gasteiger partial charge is 0.415 e. The lowest BCUT2D eigenvalue weighted by Crippen LogP contribution is -2.55. The van der Waals surface area contributed by atoms with E-state index in [4.69, 9.17) is 4.74 Å². The Hall–Kier alpha value is -4.66. The minimum absolute atomic E-state index is 0.285. The van der Waals surface area contributed by atoms with Gasteiger partial charge in [0.15, 0.2) is 0 Å². The van der Waals surface area contributed by atoms with Crippen LogP contribution in [0.15, 0.2) is 72.8 Å². The monoisotopic (exact) mass is 554 g/mol. The van der Waals surface area contributed by atoms with Crippen LogP contribution in [-0.4, -0.2) is 48.5 Å². The number of amides is 4. The third-order valence-electron chi connectivity index (χ3n) is 7.31. The van der Waals surface area contributed by atoms with E-state index in [1.165, 1.54) is 9.80 Å². The standard InChI is InChI=1S/C32H34N4O5/c1-19(33-29(38)26-18-20-12-6-10-16-24(20)36(26)31(40)41-32(2,3)4)28(37)34-27-23-15-8-7-13-21(23)22-14-9-11-17-25(22)35(5)30(27)39/h6-17,19,26-27H,18H2,1-5H3,(H,33,38)(H,34,37)/t19-,26-,27-/m0/s1. The number of carbonyl (C=O) groups excluding carboxylic acids is 4. The van der Waals surface area contributed by atoms with Gasteiger partial charge in [0.25, 0.3) is 5.91 Å². The summed E-state index contributed by atoms with van der Waals surface area (Å²) in [5.74, 6) is -1.31. The normalized spacial score (nSPS) is 18.4. The van der Waals surface area contributed by atoms with E-state index in [9.17, 15) is 19.2 Å². The maximum absolute atomic E-state index is 13.6. The summed E-state index contributed by atoms with van der Waals surface area (Å²) in [5.41, 5.74) is 3.83. The van der Waals surface area contributed by atoms with Crippen LogP contribution in [0, 0.1) is 0 Å². The molecule has 4 amide bonds. The van der Waals surface area contributed by atoms with Crippen molar-refractivity contribution in [3.05, 3.63) is 83.9 Å². The first-order valence-corrected chi connectivity index (χ1v) is 13.6. The van der Waals surface area contributed by atoms with Crippen LogP contribution in [0.2, 0.25) is 0 Å². The number of nitrogens with one attached hydrogen (secondary N) is 2. The first-order chi connectivity index (χ1) is 19.5. The molecule has 0 aromatic heterocycles. The summed E-state index contributed by atoms with van der Waals surface area (Å²) < 4.78 is 5.59. The van der Waals surface area contributed by atoms with Gasteiger partial charge >= 0.3 is 6.09 Å². The second-order valence-corrected chi connectivity index (χ2v) is 11.4. The van der Waals surface area contributed by atoms with E-state index in [0.717, 1.165) is 22.4 Å². The third-order valence-corrected chi connectivity index (χ3v) is 7.31. The quantitative estimate of drug-likeness (QED) is 0.498. The molecule has 2 N–H and O–H groups in total. The van der Waals surface area contributed by atoms with Gasteiger partial charge in [0.2, 0.25) is 11.8 Å². The number of nitrogens with zero attached hydrogens (tertiary/aromatic N) is 2. The van der Waals surface area contributed by atoms with Gasteiger partial charge in [-0.25, -0.2) is 4.79 Å². The molecule has 3 atom stereocenters. The van der Waals surface area contributed by atoms with Crippen molar-refractivity contribution in [2.24, 2.45) is 0 Å². The van der Waals surface area contributed by atoms with E-state index in [0.29, 0.717) is 11.3 Å². The number of fused-ring (bicyclic) bond motifs is 4. The Morgan fingerprint density at radius 3 is 2.22 bits per heavy atom. The molecule has 9 nitrogen and oxygen atoms in total. The maximum Gasteiger partial charge on any atom is 0.415 e. The largest absolute Gasteiger partial charge is 0.443 e. The first-order valence-electron chi connectivity index (χ1n) is 13.6. The molecule has 3 aromatic rings. The second-order valence-electron chi connectivity index (χ2n) is 11.4. The molecule has 9 heteroatoms. The molecule has 2 aliphatic rings. The highest BCUT2D eigenvalue weighted by molar-refractivity contribution is 6.07. The van der Waals surface area contributed by atoms with Gasteiger partial charge in [-0.3, -0.25) is 19.3 Å². The molecular formula is C32H34N4O5. The van der Waals surface area contributed by atoms with Crippen molar-refractivity contribution in [2.45, 2.75) is 57.8 Å². The summed E-state index contributed by atoms with van der Waals surface area (Å²) in [6, 6.07) is 19.5. The molecule has 212 valence electrons. The molecule has 2 aliphatic heterocycles. The SMILES string of the molecule is C[C@H](NC(=O)[C@@H]1Cc2ccccc2N1C(=O)OC(C)(C)C)C(=O)N[C@@H]1C(=O)N(C)c2ccccc2-c2ccccc21. The molecular weight excluding hydrogens is 520 g/mol. The second kappa shape index (κ2) is 10.7. The third kappa shape index (κ3) is 5.39. The van der Waals surface area contributed by atoms with Crippen LogP contribution in [0.4, 0.5) is 16.2 Å². The van der Waals surface area contributed by atoms with Crippen LogP contribution in [0.25, 0.3) is 11.1 Å². The molecule has 5 rings (SSSR count). The summed E-state index contributed by atoms with van der Waals surface area (Å²) in [6.07, 6.45) is -0.351. The van der Waals surface area contributed by atoms with Crippen LogP contribution in [-0.2, 0) is 25.5 Å². The summed E-state index contributed by atoms with van der Waals surface area (Å²) >= 11 is 0. The number of hydrogen-bond acceptors (Lipinski definition) is 5. The van der Waals surface area contributed by atoms with Crippen LogP contribution in [0.3, 0.4) is 0 Å². The van der Waals surface area contributed by atoms with Gasteiger partial charge in [0.1, 0.15) is 23.7 Å². The van der Waals surface area contributed by atoms with E-state index in [-0.39, 0.29) is 12.3 Å². The lowest BCUT2D eigenvalue weighted by Gasteiger charge is -2.29. The number of carbonyl (C=O) groups is 4. The molecule has 0 radical (unpaired) electrons. The lowest BCUT2D eigenvalue weighted by atomic mass is 9.95. The Morgan fingerprint density at radius 1 is 0.902 bits per heavy atom. The van der Waals surface area contributed by atoms with Crippen molar-refractivity contribution in [3.63, 3.8) is 0 Å². The number of hydrogen-bond donors (Lipinski definition) is 2. The molecule has 2 heterocycles. The van der Waals surface area contributed by atoms with E-state index in [2.05, 4.69) is 10.6 Å². The zero-order chi connectivity index (χ0) is 29.5. The number of likely N-dealkylation sites (N-methyl/N-ethyl adjacent to an activating group) is 1. The summed E-state index contributed by atoms with van der Waals surface area (Å²) in [7, 11) is 1.68. The molecule has 0 saturated carbocycles. The van der Waals surface area contributed by atoms with Crippen molar-refractivity contribution in [1.82, 2.24) is 10.6 Å². The topological polar surface area (TPSA) is 108 Å². The zero-order valence-electron chi connectivity index (χ0n) is 23.8. The van der Waals surface area contributed by atoms with Gasteiger partial charge in [-0.1, -0.05) is 60.7 Å². The Balaban J connectivity index is 1.35. The average molecular weight is 555 g/mol. The molecule has 0 spiro atoms. The highest BCUT2D eigenvalue weighted by Crippen LogP contribution is 2.39. The maximum atomic E-state index is 13.6. The molecule has 0 aliphatic carbocycles. The van der Waals surface area contributed by atoms with Gasteiger partial charge < -0.3 is 20.3 Å². The summed E-state index contributed by atoms with van der Waals surface area (Å²) in [5, 5.41) is 5.61. The number of benzene rings is 3. The number of anilines is 2. The fourth-order valence-electron chi connectivity index (χ4n) is 5.35. The Bertz CT molecular complexity index is 1530. The predicted molar refractivity (Wildman–Crippen MR) is 156 cm³/mol. The summed E-state index contributed by atoms with van der Waals surface area (Å²) in [6.45, 7) is 6.84. The van der Waals surface area contributed by atoms with Gasteiger partial charge in [0.05, 0.1) is 11.4 Å². The van der Waals surface area contributed by atoms with Crippen LogP contribution >= 0.6 is 0 Å². The fraction of sp³-hybridized carbons (Fsp3) is 0.312. The Kier molecular flexibility index (Phi) is 7.29. The van der Waals surface area contributed by atoms with Crippen molar-refractivity contribution in [1.29, 1.82) is 0 Å². The molecule has 0 bridgehead atoms. The highest BCUT2D eigenvalue weighted by atomic mass is 16.6. The first kappa shape index (κ1) is 27.9. The van der Waals surface area contributed by atoms with Crippen molar-refractivity contribution in [3.8, 4) is 11.1 Å². The van der Waals surface area contributed by atoms with Gasteiger partial charge in [-0.15, -0.1) is 0 Å². The van der Waals surface area contributed by atoms with Gasteiger partial charge in [-0.2, -0.15) is 0 Å². The van der Waals surface area contributed by atoms with Crippen molar-refractivity contribution >= 4 is 35.2 Å². The van der Waals surface area contributed by atoms with E-state index in [1.54, 1.807) is 46.9 Å². The molecule has 0 fully saturated rings. The predicted octanol–water partition coefficient (Wildman–Crippen LogP) is 4.36. The molecule has 41 heavy (non-hydrogen) atoms. The average Bonchev–Trinajstić information content (AvgIpc) is 3.31. The molecule has 0 saturated heterocycles. The molecule has 3 aromatic carbocycles. The van der Waals surface area contributed by atoms with E-state index < -0.39 is 41.6 Å². The van der Waals surface area contributed by atoms with Crippen LogP contribution in [0.1, 0.15) is 44.9 Å². The zero-order valence-corrected chi connectivity index (χ0v) is 23.8. The number of ether oxygens (including phenoxy) is 1. The van der Waals surface area contributed by atoms with Crippen LogP contribution < -0.4 is 20.4 Å². The minimum Gasteiger partial charge on any atom is -0.443 e. The lowest BCUT2D eigenvalue weighted by molar-refractivity contribution is -0.131. The van der Waals surface area contributed by atoms with E-state index in [1.807, 2.05) is 60.7 Å². The Labute approximate surface area is 239 Å². The van der Waals surface area contributed by atoms with Crippen LogP contribution in [0.5, 0.6) is 0 Å². The highest BCUT2D eigenvalue weighted by Gasteiger charge is 2.41.